The fourth-order valence-corrected chi connectivity index (χ4v) is 6.20. The van der Waals surface area contributed by atoms with Gasteiger partial charge < -0.3 is 5.32 Å². The number of nitrogens with zero attached hydrogens (tertiary/aromatic N) is 1. The number of hydrogen-bond acceptors (Lipinski definition) is 5. The zero-order valence-electron chi connectivity index (χ0n) is 21.1. The molecule has 202 valence electrons. The highest BCUT2D eigenvalue weighted by Crippen LogP contribution is 2.25. The predicted octanol–water partition coefficient (Wildman–Crippen LogP) is 5.08. The fourth-order valence-electron chi connectivity index (χ4n) is 3.73. The summed E-state index contributed by atoms with van der Waals surface area (Å²) in [4.78, 5) is 12.9. The maximum atomic E-state index is 13.5. The van der Waals surface area contributed by atoms with Gasteiger partial charge in [0.15, 0.2) is 0 Å². The lowest BCUT2D eigenvalue weighted by molar-refractivity contribution is -0.114. The molecule has 0 bridgehead atoms. The van der Waals surface area contributed by atoms with E-state index in [0.29, 0.717) is 5.69 Å². The van der Waals surface area contributed by atoms with Crippen molar-refractivity contribution < 1.29 is 26.0 Å². The average Bonchev–Trinajstić information content (AvgIpc) is 2.88. The van der Waals surface area contributed by atoms with E-state index in [9.17, 15) is 26.0 Å². The van der Waals surface area contributed by atoms with Crippen LogP contribution < -0.4 is 14.3 Å². The van der Waals surface area contributed by atoms with Crippen LogP contribution >= 0.6 is 0 Å². The molecule has 0 atom stereocenters. The molecule has 0 aliphatic rings. The van der Waals surface area contributed by atoms with Crippen LogP contribution in [-0.4, -0.2) is 29.3 Å². The summed E-state index contributed by atoms with van der Waals surface area (Å²) < 4.78 is 69.2. The molecule has 0 unspecified atom stereocenters. The Balaban J connectivity index is 1.52. The molecule has 0 aromatic heterocycles. The quantitative estimate of drug-likeness (QED) is 0.293. The number of rotatable bonds is 9. The van der Waals surface area contributed by atoms with Gasteiger partial charge in [0, 0.05) is 11.4 Å². The highest BCUT2D eigenvalue weighted by Gasteiger charge is 2.27. The Morgan fingerprint density at radius 3 is 1.97 bits per heavy atom. The number of benzene rings is 4. The van der Waals surface area contributed by atoms with Crippen molar-refractivity contribution in [2.45, 2.75) is 23.6 Å². The lowest BCUT2D eigenvalue weighted by atomic mass is 10.2. The molecule has 0 aliphatic carbocycles. The van der Waals surface area contributed by atoms with Gasteiger partial charge in [0.25, 0.3) is 20.0 Å². The highest BCUT2D eigenvalue weighted by molar-refractivity contribution is 7.93. The lowest BCUT2D eigenvalue weighted by Gasteiger charge is -2.24. The first-order valence-corrected chi connectivity index (χ1v) is 14.7. The van der Waals surface area contributed by atoms with Gasteiger partial charge in [0.2, 0.25) is 5.91 Å². The Labute approximate surface area is 227 Å². The third kappa shape index (κ3) is 6.81. The van der Waals surface area contributed by atoms with Gasteiger partial charge in [-0.25, -0.2) is 21.2 Å². The van der Waals surface area contributed by atoms with Crippen LogP contribution in [0.25, 0.3) is 0 Å². The number of halogens is 1. The van der Waals surface area contributed by atoms with E-state index in [0.717, 1.165) is 27.6 Å². The summed E-state index contributed by atoms with van der Waals surface area (Å²) in [5, 5.41) is 2.59. The van der Waals surface area contributed by atoms with E-state index in [-0.39, 0.29) is 21.2 Å². The summed E-state index contributed by atoms with van der Waals surface area (Å²) in [6, 6.07) is 23.3. The number of amides is 1. The fraction of sp³-hybridized carbons (Fsp3) is 0.107. The lowest BCUT2D eigenvalue weighted by Crippen LogP contribution is -2.38. The van der Waals surface area contributed by atoms with Crippen LogP contribution in [0, 0.1) is 19.7 Å². The minimum absolute atomic E-state index is 0.0168. The van der Waals surface area contributed by atoms with Crippen molar-refractivity contribution >= 4 is 43.0 Å². The number of carbonyl (C=O) groups excluding carboxylic acids is 1. The molecule has 1 amide bonds. The van der Waals surface area contributed by atoms with E-state index < -0.39 is 38.3 Å². The summed E-state index contributed by atoms with van der Waals surface area (Å²) in [6.07, 6.45) is 0. The molecule has 0 fully saturated rings. The van der Waals surface area contributed by atoms with Crippen molar-refractivity contribution in [3.8, 4) is 0 Å². The molecule has 0 spiro atoms. The highest BCUT2D eigenvalue weighted by atomic mass is 32.2. The Kier molecular flexibility index (Phi) is 8.03. The van der Waals surface area contributed by atoms with Crippen LogP contribution in [0.3, 0.4) is 0 Å². The molecular formula is C28H26FN3O5S2. The van der Waals surface area contributed by atoms with Gasteiger partial charge in [0.1, 0.15) is 12.4 Å². The molecule has 0 saturated carbocycles. The molecule has 0 heterocycles. The van der Waals surface area contributed by atoms with Gasteiger partial charge in [-0.2, -0.15) is 0 Å². The van der Waals surface area contributed by atoms with Gasteiger partial charge in [0.05, 0.1) is 15.5 Å². The molecule has 39 heavy (non-hydrogen) atoms. The van der Waals surface area contributed by atoms with Crippen LogP contribution in [0.1, 0.15) is 11.1 Å². The molecular weight excluding hydrogens is 541 g/mol. The zero-order valence-corrected chi connectivity index (χ0v) is 22.8. The van der Waals surface area contributed by atoms with Crippen LogP contribution in [0.2, 0.25) is 0 Å². The van der Waals surface area contributed by atoms with Crippen molar-refractivity contribution in [2.24, 2.45) is 0 Å². The first-order chi connectivity index (χ1) is 18.4. The molecule has 2 N–H and O–H groups in total. The smallest absolute Gasteiger partial charge is 0.264 e. The molecule has 11 heteroatoms. The van der Waals surface area contributed by atoms with Crippen LogP contribution in [0.15, 0.2) is 107 Å². The normalized spacial score (nSPS) is 11.6. The molecule has 4 aromatic carbocycles. The van der Waals surface area contributed by atoms with Gasteiger partial charge in [-0.3, -0.25) is 13.8 Å². The van der Waals surface area contributed by atoms with Crippen LogP contribution in [0.5, 0.6) is 0 Å². The average molecular weight is 568 g/mol. The number of anilines is 3. The summed E-state index contributed by atoms with van der Waals surface area (Å²) in [6.45, 7) is 3.06. The second kappa shape index (κ2) is 11.3. The molecule has 8 nitrogen and oxygen atoms in total. The van der Waals surface area contributed by atoms with E-state index >= 15 is 0 Å². The maximum Gasteiger partial charge on any atom is 0.264 e. The molecule has 0 radical (unpaired) electrons. The maximum absolute atomic E-state index is 13.5. The number of hydrogen-bond donors (Lipinski definition) is 2. The molecule has 4 rings (SSSR count). The third-order valence-corrected chi connectivity index (χ3v) is 8.91. The van der Waals surface area contributed by atoms with E-state index in [1.54, 1.807) is 30.3 Å². The number of aryl methyl sites for hydroxylation is 2. The number of sulfonamides is 2. The topological polar surface area (TPSA) is 113 Å². The van der Waals surface area contributed by atoms with Gasteiger partial charge in [-0.15, -0.1) is 0 Å². The van der Waals surface area contributed by atoms with E-state index in [1.807, 2.05) is 19.9 Å². The van der Waals surface area contributed by atoms with Crippen molar-refractivity contribution in [3.63, 3.8) is 0 Å². The van der Waals surface area contributed by atoms with Gasteiger partial charge >= 0.3 is 0 Å². The molecule has 0 aliphatic heterocycles. The van der Waals surface area contributed by atoms with Crippen molar-refractivity contribution in [3.05, 3.63) is 114 Å². The summed E-state index contributed by atoms with van der Waals surface area (Å²) in [5.74, 6) is -1.23. The number of nitrogens with one attached hydrogen (secondary N) is 2. The minimum atomic E-state index is -4.17. The summed E-state index contributed by atoms with van der Waals surface area (Å²) in [7, 11) is -8.04. The second-order valence-electron chi connectivity index (χ2n) is 8.85. The van der Waals surface area contributed by atoms with Gasteiger partial charge in [-0.1, -0.05) is 29.8 Å². The van der Waals surface area contributed by atoms with Crippen molar-refractivity contribution in [1.29, 1.82) is 0 Å². The Hall–Kier alpha value is -4.22. The minimum Gasteiger partial charge on any atom is -0.325 e. The summed E-state index contributed by atoms with van der Waals surface area (Å²) in [5.41, 5.74) is 2.55. The SMILES string of the molecule is Cc1ccc(S(=O)(=O)N(CC(=O)Nc2ccc(S(=O)(=O)Nc3cccc(C)c3)cc2)c2ccc(F)cc2)cc1. The largest absolute Gasteiger partial charge is 0.325 e. The molecule has 4 aromatic rings. The Morgan fingerprint density at radius 2 is 1.36 bits per heavy atom. The molecule has 0 saturated heterocycles. The van der Waals surface area contributed by atoms with E-state index in [2.05, 4.69) is 10.0 Å². The second-order valence-corrected chi connectivity index (χ2v) is 12.4. The Bertz CT molecular complexity index is 1690. The van der Waals surface area contributed by atoms with Gasteiger partial charge in [-0.05, 0) is 92.2 Å². The standard InChI is InChI=1S/C28H26FN3O5S2/c1-20-6-14-27(15-7-20)39(36,37)32(25-12-8-22(29)9-13-25)19-28(33)30-23-10-16-26(17-11-23)38(34,35)31-24-5-3-4-21(2)18-24/h3-18,31H,19H2,1-2H3,(H,30,33). The summed E-state index contributed by atoms with van der Waals surface area (Å²) >= 11 is 0. The first kappa shape index (κ1) is 27.8. The predicted molar refractivity (Wildman–Crippen MR) is 149 cm³/mol. The van der Waals surface area contributed by atoms with E-state index in [4.69, 9.17) is 0 Å². The monoisotopic (exact) mass is 567 g/mol. The zero-order chi connectivity index (χ0) is 28.2. The Morgan fingerprint density at radius 1 is 0.744 bits per heavy atom. The number of carbonyl (C=O) groups is 1. The first-order valence-electron chi connectivity index (χ1n) is 11.8. The van der Waals surface area contributed by atoms with Crippen LogP contribution in [0.4, 0.5) is 21.5 Å². The van der Waals surface area contributed by atoms with E-state index in [1.165, 1.54) is 48.5 Å². The third-order valence-electron chi connectivity index (χ3n) is 5.73. The van der Waals surface area contributed by atoms with Crippen molar-refractivity contribution in [1.82, 2.24) is 0 Å². The van der Waals surface area contributed by atoms with Crippen LogP contribution in [-0.2, 0) is 24.8 Å². The van der Waals surface area contributed by atoms with Crippen molar-refractivity contribution in [2.75, 3.05) is 20.9 Å².